The van der Waals surface area contributed by atoms with Gasteiger partial charge in [0.2, 0.25) is 0 Å². The largest absolute Gasteiger partial charge is 0.460 e. The minimum absolute atomic E-state index is 0.313. The molecule has 0 spiro atoms. The van der Waals surface area contributed by atoms with Crippen LogP contribution in [-0.2, 0) is 6.54 Å². The molecule has 4 rings (SSSR count). The average Bonchev–Trinajstić information content (AvgIpc) is 3.21. The minimum Gasteiger partial charge on any atom is -0.460 e. The minimum atomic E-state index is -0.575. The van der Waals surface area contributed by atoms with Crippen LogP contribution in [0.5, 0.6) is 0 Å². The third kappa shape index (κ3) is 2.98. The van der Waals surface area contributed by atoms with E-state index in [4.69, 9.17) is 4.42 Å². The molecule has 0 amide bonds. The summed E-state index contributed by atoms with van der Waals surface area (Å²) in [5.41, 5.74) is 1.71. The molecule has 1 atom stereocenters. The van der Waals surface area contributed by atoms with Crippen molar-refractivity contribution in [2.24, 2.45) is 0 Å². The molecule has 1 aliphatic heterocycles. The second-order valence-corrected chi connectivity index (χ2v) is 6.28. The van der Waals surface area contributed by atoms with E-state index in [0.29, 0.717) is 11.7 Å². The van der Waals surface area contributed by atoms with E-state index in [1.807, 2.05) is 53.3 Å². The van der Waals surface area contributed by atoms with Gasteiger partial charge in [0.05, 0.1) is 24.9 Å². The SMILES string of the molecule is CC(O)c1cn(C2CN(Cc3ccc(-c4ccccc4)o3)C2)nn1. The molecule has 3 heterocycles. The molecule has 0 saturated carbocycles. The Morgan fingerprint density at radius 2 is 2.00 bits per heavy atom. The van der Waals surface area contributed by atoms with Crippen molar-refractivity contribution in [1.29, 1.82) is 0 Å². The number of nitrogens with zero attached hydrogens (tertiary/aromatic N) is 4. The molecule has 0 bridgehead atoms. The first-order valence-electron chi connectivity index (χ1n) is 8.15. The lowest BCUT2D eigenvalue weighted by atomic mass is 10.1. The summed E-state index contributed by atoms with van der Waals surface area (Å²) in [6.45, 7) is 4.30. The molecule has 2 aromatic heterocycles. The maximum atomic E-state index is 9.51. The molecule has 3 aromatic rings. The highest BCUT2D eigenvalue weighted by molar-refractivity contribution is 5.57. The maximum Gasteiger partial charge on any atom is 0.134 e. The van der Waals surface area contributed by atoms with Crippen molar-refractivity contribution < 1.29 is 9.52 Å². The summed E-state index contributed by atoms with van der Waals surface area (Å²) >= 11 is 0. The van der Waals surface area contributed by atoms with Crippen molar-refractivity contribution in [3.8, 4) is 11.3 Å². The Hall–Kier alpha value is -2.44. The lowest BCUT2D eigenvalue weighted by Gasteiger charge is -2.38. The van der Waals surface area contributed by atoms with Crippen molar-refractivity contribution in [2.75, 3.05) is 13.1 Å². The summed E-state index contributed by atoms with van der Waals surface area (Å²) in [7, 11) is 0. The Morgan fingerprint density at radius 1 is 1.21 bits per heavy atom. The smallest absolute Gasteiger partial charge is 0.134 e. The Bertz CT molecular complexity index is 803. The van der Waals surface area contributed by atoms with Gasteiger partial charge in [-0.25, -0.2) is 4.68 Å². The molecule has 1 unspecified atom stereocenters. The van der Waals surface area contributed by atoms with E-state index in [1.54, 1.807) is 6.92 Å². The molecule has 6 heteroatoms. The zero-order valence-electron chi connectivity index (χ0n) is 13.5. The van der Waals surface area contributed by atoms with Gasteiger partial charge in [-0.3, -0.25) is 4.90 Å². The van der Waals surface area contributed by atoms with Gasteiger partial charge in [0.1, 0.15) is 17.2 Å². The molecule has 124 valence electrons. The number of hydrogen-bond acceptors (Lipinski definition) is 5. The average molecular weight is 324 g/mol. The number of furan rings is 1. The highest BCUT2D eigenvalue weighted by atomic mass is 16.3. The van der Waals surface area contributed by atoms with E-state index in [9.17, 15) is 5.11 Å². The van der Waals surface area contributed by atoms with Gasteiger partial charge in [-0.2, -0.15) is 0 Å². The summed E-state index contributed by atoms with van der Waals surface area (Å²) in [6, 6.07) is 14.5. The van der Waals surface area contributed by atoms with Crippen molar-refractivity contribution >= 4 is 0 Å². The van der Waals surface area contributed by atoms with E-state index in [1.165, 1.54) is 0 Å². The second-order valence-electron chi connectivity index (χ2n) is 6.28. The summed E-state index contributed by atoms with van der Waals surface area (Å²) < 4.78 is 7.79. The first kappa shape index (κ1) is 15.1. The fourth-order valence-corrected chi connectivity index (χ4v) is 2.94. The van der Waals surface area contributed by atoms with Gasteiger partial charge in [-0.1, -0.05) is 35.5 Å². The monoisotopic (exact) mass is 324 g/mol. The Labute approximate surface area is 140 Å². The molecule has 1 N–H and O–H groups in total. The number of aromatic nitrogens is 3. The molecular weight excluding hydrogens is 304 g/mol. The fraction of sp³-hybridized carbons (Fsp3) is 0.333. The van der Waals surface area contributed by atoms with Crippen molar-refractivity contribution in [3.63, 3.8) is 0 Å². The molecule has 24 heavy (non-hydrogen) atoms. The van der Waals surface area contributed by atoms with Gasteiger partial charge < -0.3 is 9.52 Å². The lowest BCUT2D eigenvalue weighted by Crippen LogP contribution is -2.47. The van der Waals surface area contributed by atoms with Crippen LogP contribution >= 0.6 is 0 Å². The van der Waals surface area contributed by atoms with Crippen LogP contribution in [0.1, 0.15) is 30.5 Å². The second kappa shape index (κ2) is 6.22. The van der Waals surface area contributed by atoms with Gasteiger partial charge in [-0.15, -0.1) is 5.10 Å². The van der Waals surface area contributed by atoms with Crippen molar-refractivity contribution in [2.45, 2.75) is 25.6 Å². The van der Waals surface area contributed by atoms with E-state index in [2.05, 4.69) is 15.2 Å². The van der Waals surface area contributed by atoms with Gasteiger partial charge >= 0.3 is 0 Å². The van der Waals surface area contributed by atoms with Gasteiger partial charge in [0.25, 0.3) is 0 Å². The van der Waals surface area contributed by atoms with Crippen LogP contribution in [-0.4, -0.2) is 38.1 Å². The van der Waals surface area contributed by atoms with Crippen LogP contribution in [0, 0.1) is 0 Å². The maximum absolute atomic E-state index is 9.51. The summed E-state index contributed by atoms with van der Waals surface area (Å²) in [5.74, 6) is 1.87. The van der Waals surface area contributed by atoms with Gasteiger partial charge in [0.15, 0.2) is 0 Å². The van der Waals surface area contributed by atoms with E-state index >= 15 is 0 Å². The summed E-state index contributed by atoms with van der Waals surface area (Å²) in [4.78, 5) is 2.31. The quantitative estimate of drug-likeness (QED) is 0.781. The molecule has 1 aliphatic rings. The van der Waals surface area contributed by atoms with Crippen molar-refractivity contribution in [1.82, 2.24) is 19.9 Å². The van der Waals surface area contributed by atoms with E-state index in [-0.39, 0.29) is 0 Å². The van der Waals surface area contributed by atoms with E-state index in [0.717, 1.165) is 36.7 Å². The van der Waals surface area contributed by atoms with Crippen LogP contribution < -0.4 is 0 Å². The predicted molar refractivity (Wildman–Crippen MR) is 89.1 cm³/mol. The zero-order chi connectivity index (χ0) is 16.5. The molecule has 1 fully saturated rings. The van der Waals surface area contributed by atoms with Crippen molar-refractivity contribution in [3.05, 3.63) is 60.1 Å². The molecule has 0 aliphatic carbocycles. The number of aliphatic hydroxyl groups is 1. The zero-order valence-corrected chi connectivity index (χ0v) is 13.5. The highest BCUT2D eigenvalue weighted by Gasteiger charge is 2.30. The molecule has 6 nitrogen and oxygen atoms in total. The number of likely N-dealkylation sites (tertiary alicyclic amines) is 1. The number of hydrogen-bond donors (Lipinski definition) is 1. The van der Waals surface area contributed by atoms with E-state index < -0.39 is 6.10 Å². The van der Waals surface area contributed by atoms with Crippen LogP contribution in [0.3, 0.4) is 0 Å². The Balaban J connectivity index is 1.34. The van der Waals surface area contributed by atoms with Crippen LogP contribution in [0.2, 0.25) is 0 Å². The number of benzene rings is 1. The molecular formula is C18H20N4O2. The number of aliphatic hydroxyl groups excluding tert-OH is 1. The fourth-order valence-electron chi connectivity index (χ4n) is 2.94. The van der Waals surface area contributed by atoms with Crippen LogP contribution in [0.25, 0.3) is 11.3 Å². The third-order valence-corrected chi connectivity index (χ3v) is 4.37. The molecule has 0 radical (unpaired) electrons. The first-order chi connectivity index (χ1) is 11.7. The Kier molecular flexibility index (Phi) is 3.92. The normalized spacial score (nSPS) is 16.9. The first-order valence-corrected chi connectivity index (χ1v) is 8.15. The topological polar surface area (TPSA) is 67.3 Å². The third-order valence-electron chi connectivity index (χ3n) is 4.37. The molecule has 1 aromatic carbocycles. The summed E-state index contributed by atoms with van der Waals surface area (Å²) in [5, 5.41) is 17.6. The highest BCUT2D eigenvalue weighted by Crippen LogP contribution is 2.26. The van der Waals surface area contributed by atoms with Gasteiger partial charge in [0, 0.05) is 18.7 Å². The standard InChI is InChI=1S/C18H20N4O2/c1-13(23)17-12-22(20-19-17)15-9-21(10-15)11-16-7-8-18(24-16)14-5-3-2-4-6-14/h2-8,12-13,15,23H,9-11H2,1H3. The van der Waals surface area contributed by atoms with Crippen LogP contribution in [0.4, 0.5) is 0 Å². The number of rotatable bonds is 5. The summed E-state index contributed by atoms with van der Waals surface area (Å²) in [6.07, 6.45) is 1.25. The van der Waals surface area contributed by atoms with Crippen LogP contribution in [0.15, 0.2) is 53.1 Å². The lowest BCUT2D eigenvalue weighted by molar-refractivity contribution is 0.0824. The molecule has 1 saturated heterocycles. The Morgan fingerprint density at radius 3 is 2.71 bits per heavy atom. The predicted octanol–water partition coefficient (Wildman–Crippen LogP) is 2.65. The van der Waals surface area contributed by atoms with Gasteiger partial charge in [-0.05, 0) is 19.1 Å².